The quantitative estimate of drug-likeness (QED) is 0.751. The van der Waals surface area contributed by atoms with Gasteiger partial charge in [0.2, 0.25) is 5.95 Å². The molecule has 3 aromatic rings. The van der Waals surface area contributed by atoms with Gasteiger partial charge in [0.1, 0.15) is 5.82 Å². The van der Waals surface area contributed by atoms with E-state index < -0.39 is 0 Å². The van der Waals surface area contributed by atoms with Gasteiger partial charge in [0.05, 0.1) is 11.4 Å². The van der Waals surface area contributed by atoms with Gasteiger partial charge in [-0.15, -0.1) is 5.10 Å². The molecular weight excluding hydrogens is 359 g/mol. The predicted molar refractivity (Wildman–Crippen MR) is 106 cm³/mol. The second-order valence-electron chi connectivity index (χ2n) is 6.89. The molecular formula is C20H23FN6O. The van der Waals surface area contributed by atoms with Gasteiger partial charge in [0.15, 0.2) is 5.65 Å². The van der Waals surface area contributed by atoms with Gasteiger partial charge in [-0.25, -0.2) is 8.91 Å². The number of nitrogens with zero attached hydrogens (tertiary/aromatic N) is 5. The number of pyridine rings is 1. The zero-order valence-electron chi connectivity index (χ0n) is 16.0. The van der Waals surface area contributed by atoms with Crippen LogP contribution in [0.15, 0.2) is 36.4 Å². The van der Waals surface area contributed by atoms with Gasteiger partial charge >= 0.3 is 0 Å². The number of piperazine rings is 1. The second kappa shape index (κ2) is 7.55. The van der Waals surface area contributed by atoms with Crippen molar-refractivity contribution in [1.82, 2.24) is 19.5 Å². The number of hydrogen-bond acceptors (Lipinski definition) is 5. The van der Waals surface area contributed by atoms with Gasteiger partial charge in [-0.05, 0) is 49.9 Å². The van der Waals surface area contributed by atoms with Crippen molar-refractivity contribution in [3.8, 4) is 0 Å². The molecule has 0 unspecified atom stereocenters. The number of nitrogens with one attached hydrogen (secondary N) is 1. The SMILES string of the molecule is CCN1CCN(c2ccc3nc(NC(=O)c4ccc(F)cc4)nn3c2C)CC1. The standard InChI is InChI=1S/C20H23FN6O/c1-3-25-10-12-26(13-11-25)17-8-9-18-22-20(24-27(18)14(17)2)23-19(28)15-4-6-16(21)7-5-15/h4-9H,3,10-13H2,1-2H3,(H,23,24,28). The van der Waals surface area contributed by atoms with E-state index in [1.54, 1.807) is 4.52 Å². The van der Waals surface area contributed by atoms with Gasteiger partial charge in [-0.3, -0.25) is 10.1 Å². The number of aryl methyl sites for hydroxylation is 1. The van der Waals surface area contributed by atoms with Gasteiger partial charge in [0.25, 0.3) is 5.91 Å². The van der Waals surface area contributed by atoms with Crippen LogP contribution in [0.2, 0.25) is 0 Å². The van der Waals surface area contributed by atoms with Crippen LogP contribution >= 0.6 is 0 Å². The third-order valence-corrected chi connectivity index (χ3v) is 5.20. The van der Waals surface area contributed by atoms with Crippen LogP contribution in [-0.2, 0) is 0 Å². The van der Waals surface area contributed by atoms with E-state index in [-0.39, 0.29) is 17.7 Å². The average Bonchev–Trinajstić information content (AvgIpc) is 3.12. The van der Waals surface area contributed by atoms with Crippen molar-refractivity contribution in [2.75, 3.05) is 42.9 Å². The van der Waals surface area contributed by atoms with Crippen molar-refractivity contribution < 1.29 is 9.18 Å². The highest BCUT2D eigenvalue weighted by atomic mass is 19.1. The van der Waals surface area contributed by atoms with Gasteiger partial charge in [-0.2, -0.15) is 4.98 Å². The summed E-state index contributed by atoms with van der Waals surface area (Å²) in [6.07, 6.45) is 0. The van der Waals surface area contributed by atoms with E-state index in [1.165, 1.54) is 24.3 Å². The Bertz CT molecular complexity index is 992. The zero-order valence-corrected chi connectivity index (χ0v) is 16.0. The summed E-state index contributed by atoms with van der Waals surface area (Å²) < 4.78 is 14.8. The van der Waals surface area contributed by atoms with Crippen LogP contribution in [0.3, 0.4) is 0 Å². The fraction of sp³-hybridized carbons (Fsp3) is 0.350. The maximum Gasteiger partial charge on any atom is 0.258 e. The molecule has 28 heavy (non-hydrogen) atoms. The highest BCUT2D eigenvalue weighted by molar-refractivity contribution is 6.03. The number of amides is 1. The second-order valence-corrected chi connectivity index (χ2v) is 6.89. The third-order valence-electron chi connectivity index (χ3n) is 5.20. The molecule has 1 N–H and O–H groups in total. The lowest BCUT2D eigenvalue weighted by Crippen LogP contribution is -2.46. The summed E-state index contributed by atoms with van der Waals surface area (Å²) in [4.78, 5) is 21.5. The maximum absolute atomic E-state index is 13.0. The minimum absolute atomic E-state index is 0.227. The van der Waals surface area contributed by atoms with Gasteiger partial charge < -0.3 is 9.80 Å². The molecule has 1 aliphatic heterocycles. The number of fused-ring (bicyclic) bond motifs is 1. The third kappa shape index (κ3) is 3.55. The van der Waals surface area contributed by atoms with Crippen LogP contribution < -0.4 is 10.2 Å². The van der Waals surface area contributed by atoms with E-state index in [9.17, 15) is 9.18 Å². The number of hydrogen-bond donors (Lipinski definition) is 1. The Morgan fingerprint density at radius 1 is 1.11 bits per heavy atom. The Hall–Kier alpha value is -3.00. The predicted octanol–water partition coefficient (Wildman–Crippen LogP) is 2.57. The zero-order chi connectivity index (χ0) is 19.7. The highest BCUT2D eigenvalue weighted by Crippen LogP contribution is 2.23. The number of benzene rings is 1. The van der Waals surface area contributed by atoms with Crippen LogP contribution in [0.4, 0.5) is 16.0 Å². The first-order valence-electron chi connectivity index (χ1n) is 9.46. The van der Waals surface area contributed by atoms with Crippen molar-refractivity contribution >= 4 is 23.2 Å². The lowest BCUT2D eigenvalue weighted by atomic mass is 10.2. The molecule has 1 saturated heterocycles. The molecule has 2 aromatic heterocycles. The number of carbonyl (C=O) groups is 1. The minimum Gasteiger partial charge on any atom is -0.368 e. The highest BCUT2D eigenvalue weighted by Gasteiger charge is 2.19. The van der Waals surface area contributed by atoms with E-state index in [0.29, 0.717) is 11.2 Å². The smallest absolute Gasteiger partial charge is 0.258 e. The first-order chi connectivity index (χ1) is 13.5. The van der Waals surface area contributed by atoms with E-state index in [4.69, 9.17) is 0 Å². The Kier molecular flexibility index (Phi) is 4.95. The van der Waals surface area contributed by atoms with Crippen LogP contribution in [0, 0.1) is 12.7 Å². The van der Waals surface area contributed by atoms with Crippen LogP contribution in [0.25, 0.3) is 5.65 Å². The van der Waals surface area contributed by atoms with Gasteiger partial charge in [-0.1, -0.05) is 6.92 Å². The normalized spacial score (nSPS) is 15.2. The molecule has 8 heteroatoms. The first kappa shape index (κ1) is 18.4. The molecule has 1 aliphatic rings. The number of carbonyl (C=O) groups excluding carboxylic acids is 1. The lowest BCUT2D eigenvalue weighted by Gasteiger charge is -2.36. The minimum atomic E-state index is -0.384. The summed E-state index contributed by atoms with van der Waals surface area (Å²) >= 11 is 0. The summed E-state index contributed by atoms with van der Waals surface area (Å²) in [6.45, 7) is 9.31. The molecule has 7 nitrogen and oxygen atoms in total. The van der Waals surface area contributed by atoms with Crippen LogP contribution in [0.1, 0.15) is 23.0 Å². The maximum atomic E-state index is 13.0. The molecule has 0 radical (unpaired) electrons. The molecule has 1 aromatic carbocycles. The van der Waals surface area contributed by atoms with E-state index in [0.717, 1.165) is 44.1 Å². The largest absolute Gasteiger partial charge is 0.368 e. The number of aromatic nitrogens is 3. The van der Waals surface area contributed by atoms with Crippen molar-refractivity contribution in [3.63, 3.8) is 0 Å². The summed E-state index contributed by atoms with van der Waals surface area (Å²) in [5.74, 6) is -0.528. The molecule has 0 spiro atoms. The summed E-state index contributed by atoms with van der Waals surface area (Å²) in [5, 5.41) is 7.13. The Labute approximate surface area is 162 Å². The van der Waals surface area contributed by atoms with E-state index >= 15 is 0 Å². The van der Waals surface area contributed by atoms with Crippen molar-refractivity contribution in [2.45, 2.75) is 13.8 Å². The van der Waals surface area contributed by atoms with Crippen molar-refractivity contribution in [1.29, 1.82) is 0 Å². The van der Waals surface area contributed by atoms with E-state index in [1.807, 2.05) is 13.0 Å². The summed E-state index contributed by atoms with van der Waals surface area (Å²) in [5.41, 5.74) is 3.14. The Balaban J connectivity index is 1.55. The van der Waals surface area contributed by atoms with Crippen molar-refractivity contribution in [3.05, 3.63) is 53.5 Å². The van der Waals surface area contributed by atoms with Crippen molar-refractivity contribution in [2.24, 2.45) is 0 Å². The van der Waals surface area contributed by atoms with Gasteiger partial charge in [0, 0.05) is 31.7 Å². The number of halogens is 1. The molecule has 1 amide bonds. The lowest BCUT2D eigenvalue weighted by molar-refractivity contribution is 0.102. The van der Waals surface area contributed by atoms with Crippen LogP contribution in [-0.4, -0.2) is 58.1 Å². The molecule has 146 valence electrons. The first-order valence-corrected chi connectivity index (χ1v) is 9.46. The average molecular weight is 382 g/mol. The topological polar surface area (TPSA) is 65.8 Å². The molecule has 4 rings (SSSR count). The molecule has 0 atom stereocenters. The monoisotopic (exact) mass is 382 g/mol. The Morgan fingerprint density at radius 2 is 1.82 bits per heavy atom. The van der Waals surface area contributed by atoms with Crippen LogP contribution in [0.5, 0.6) is 0 Å². The fourth-order valence-corrected chi connectivity index (χ4v) is 3.53. The number of rotatable bonds is 4. The molecule has 0 saturated carbocycles. The summed E-state index contributed by atoms with van der Waals surface area (Å²) in [6, 6.07) is 9.34. The molecule has 1 fully saturated rings. The number of anilines is 2. The number of likely N-dealkylation sites (N-methyl/N-ethyl adjacent to an activating group) is 1. The van der Waals surface area contributed by atoms with E-state index in [2.05, 4.69) is 38.2 Å². The molecule has 0 aliphatic carbocycles. The summed E-state index contributed by atoms with van der Waals surface area (Å²) in [7, 11) is 0. The molecule has 0 bridgehead atoms. The Morgan fingerprint density at radius 3 is 2.50 bits per heavy atom. The fourth-order valence-electron chi connectivity index (χ4n) is 3.53. The molecule has 3 heterocycles.